The Bertz CT molecular complexity index is 194. The molecule has 1 aliphatic rings. The van der Waals surface area contributed by atoms with Crippen molar-refractivity contribution in [3.8, 4) is 0 Å². The van der Waals surface area contributed by atoms with Gasteiger partial charge >= 0.3 is 5.97 Å². The molecule has 3 heteroatoms. The SMILES string of the molecule is CCN1CCCCC1CC(C)C(=O)O. The molecular weight excluding hydrogens is 178 g/mol. The predicted octanol–water partition coefficient (Wildman–Crippen LogP) is 1.97. The summed E-state index contributed by atoms with van der Waals surface area (Å²) in [6.45, 7) is 6.17. The topological polar surface area (TPSA) is 40.5 Å². The molecule has 0 aromatic rings. The third-order valence-electron chi connectivity index (χ3n) is 3.20. The lowest BCUT2D eigenvalue weighted by atomic mass is 9.93. The van der Waals surface area contributed by atoms with Gasteiger partial charge in [0.15, 0.2) is 0 Å². The first-order valence-corrected chi connectivity index (χ1v) is 5.62. The van der Waals surface area contributed by atoms with Gasteiger partial charge in [-0.15, -0.1) is 0 Å². The van der Waals surface area contributed by atoms with Crippen molar-refractivity contribution in [1.82, 2.24) is 4.90 Å². The monoisotopic (exact) mass is 199 g/mol. The van der Waals surface area contributed by atoms with E-state index in [1.54, 1.807) is 0 Å². The van der Waals surface area contributed by atoms with E-state index in [1.807, 2.05) is 6.92 Å². The van der Waals surface area contributed by atoms with Crippen molar-refractivity contribution in [2.75, 3.05) is 13.1 Å². The Labute approximate surface area is 86.1 Å². The maximum Gasteiger partial charge on any atom is 0.306 e. The molecule has 1 saturated heterocycles. The number of piperidine rings is 1. The van der Waals surface area contributed by atoms with Crippen LogP contribution in [0.2, 0.25) is 0 Å². The smallest absolute Gasteiger partial charge is 0.306 e. The molecule has 2 atom stereocenters. The molecule has 14 heavy (non-hydrogen) atoms. The van der Waals surface area contributed by atoms with Gasteiger partial charge in [0.1, 0.15) is 0 Å². The molecule has 1 fully saturated rings. The molecule has 0 aliphatic carbocycles. The summed E-state index contributed by atoms with van der Waals surface area (Å²) in [4.78, 5) is 13.2. The summed E-state index contributed by atoms with van der Waals surface area (Å²) in [7, 11) is 0. The number of hydrogen-bond acceptors (Lipinski definition) is 2. The maximum atomic E-state index is 10.7. The van der Waals surface area contributed by atoms with Crippen LogP contribution in [0.5, 0.6) is 0 Å². The number of rotatable bonds is 4. The second-order valence-electron chi connectivity index (χ2n) is 4.25. The minimum atomic E-state index is -0.661. The van der Waals surface area contributed by atoms with Crippen LogP contribution in [0.3, 0.4) is 0 Å². The number of carboxylic acids is 1. The van der Waals surface area contributed by atoms with Gasteiger partial charge in [-0.2, -0.15) is 0 Å². The second kappa shape index (κ2) is 5.35. The molecule has 1 heterocycles. The van der Waals surface area contributed by atoms with E-state index in [1.165, 1.54) is 19.3 Å². The van der Waals surface area contributed by atoms with Crippen LogP contribution in [0.15, 0.2) is 0 Å². The Morgan fingerprint density at radius 3 is 2.86 bits per heavy atom. The predicted molar refractivity (Wildman–Crippen MR) is 56.3 cm³/mol. The number of aliphatic carboxylic acids is 1. The average Bonchev–Trinajstić information content (AvgIpc) is 2.18. The summed E-state index contributed by atoms with van der Waals surface area (Å²) in [5.41, 5.74) is 0. The molecule has 2 unspecified atom stereocenters. The van der Waals surface area contributed by atoms with E-state index in [9.17, 15) is 4.79 Å². The summed E-state index contributed by atoms with van der Waals surface area (Å²) >= 11 is 0. The molecular formula is C11H21NO2. The number of nitrogens with zero attached hydrogens (tertiary/aromatic N) is 1. The molecule has 82 valence electrons. The first kappa shape index (κ1) is 11.5. The molecule has 0 aromatic heterocycles. The van der Waals surface area contributed by atoms with E-state index >= 15 is 0 Å². The van der Waals surface area contributed by atoms with Gasteiger partial charge in [0.25, 0.3) is 0 Å². The Morgan fingerprint density at radius 2 is 2.29 bits per heavy atom. The van der Waals surface area contributed by atoms with Crippen molar-refractivity contribution in [2.45, 2.75) is 45.6 Å². The molecule has 0 bridgehead atoms. The lowest BCUT2D eigenvalue weighted by molar-refractivity contribution is -0.141. The van der Waals surface area contributed by atoms with Crippen LogP contribution in [0.25, 0.3) is 0 Å². The fourth-order valence-corrected chi connectivity index (χ4v) is 2.25. The lowest BCUT2D eigenvalue weighted by Crippen LogP contribution is -2.40. The fourth-order valence-electron chi connectivity index (χ4n) is 2.25. The average molecular weight is 199 g/mol. The second-order valence-corrected chi connectivity index (χ2v) is 4.25. The summed E-state index contributed by atoms with van der Waals surface area (Å²) in [5.74, 6) is -0.862. The first-order chi connectivity index (χ1) is 6.65. The summed E-state index contributed by atoms with van der Waals surface area (Å²) in [6.07, 6.45) is 4.51. The Kier molecular flexibility index (Phi) is 4.39. The van der Waals surface area contributed by atoms with E-state index in [0.717, 1.165) is 19.5 Å². The van der Waals surface area contributed by atoms with Crippen LogP contribution < -0.4 is 0 Å². The van der Waals surface area contributed by atoms with Crippen LogP contribution in [0.4, 0.5) is 0 Å². The third kappa shape index (κ3) is 2.98. The van der Waals surface area contributed by atoms with Crippen LogP contribution in [0, 0.1) is 5.92 Å². The zero-order valence-corrected chi connectivity index (χ0v) is 9.20. The van der Waals surface area contributed by atoms with Crippen molar-refractivity contribution in [3.63, 3.8) is 0 Å². The van der Waals surface area contributed by atoms with Crippen molar-refractivity contribution in [1.29, 1.82) is 0 Å². The normalized spacial score (nSPS) is 26.0. The first-order valence-electron chi connectivity index (χ1n) is 5.62. The summed E-state index contributed by atoms with van der Waals surface area (Å²) < 4.78 is 0. The summed E-state index contributed by atoms with van der Waals surface area (Å²) in [5, 5.41) is 8.85. The summed E-state index contributed by atoms with van der Waals surface area (Å²) in [6, 6.07) is 0.500. The zero-order valence-electron chi connectivity index (χ0n) is 9.20. The van der Waals surface area contributed by atoms with Crippen LogP contribution >= 0.6 is 0 Å². The number of carboxylic acid groups (broad SMARTS) is 1. The van der Waals surface area contributed by atoms with Crippen LogP contribution in [0.1, 0.15) is 39.5 Å². The molecule has 1 aliphatic heterocycles. The van der Waals surface area contributed by atoms with Crippen LogP contribution in [-0.4, -0.2) is 35.1 Å². The van der Waals surface area contributed by atoms with E-state index in [2.05, 4.69) is 11.8 Å². The quantitative estimate of drug-likeness (QED) is 0.752. The highest BCUT2D eigenvalue weighted by molar-refractivity contribution is 5.69. The minimum absolute atomic E-state index is 0.202. The molecule has 3 nitrogen and oxygen atoms in total. The van der Waals surface area contributed by atoms with Gasteiger partial charge in [0, 0.05) is 6.04 Å². The van der Waals surface area contributed by atoms with Gasteiger partial charge in [-0.1, -0.05) is 20.3 Å². The van der Waals surface area contributed by atoms with Gasteiger partial charge in [-0.25, -0.2) is 0 Å². The highest BCUT2D eigenvalue weighted by Crippen LogP contribution is 2.22. The van der Waals surface area contributed by atoms with E-state index in [-0.39, 0.29) is 5.92 Å². The van der Waals surface area contributed by atoms with Crippen molar-refractivity contribution in [2.24, 2.45) is 5.92 Å². The maximum absolute atomic E-state index is 10.7. The Hall–Kier alpha value is -0.570. The van der Waals surface area contributed by atoms with Crippen molar-refractivity contribution >= 4 is 5.97 Å². The molecule has 0 aromatic carbocycles. The third-order valence-corrected chi connectivity index (χ3v) is 3.20. The minimum Gasteiger partial charge on any atom is -0.481 e. The van der Waals surface area contributed by atoms with E-state index in [0.29, 0.717) is 6.04 Å². The molecule has 0 spiro atoms. The number of carbonyl (C=O) groups is 1. The van der Waals surface area contributed by atoms with Crippen LogP contribution in [-0.2, 0) is 4.79 Å². The fraction of sp³-hybridized carbons (Fsp3) is 0.909. The zero-order chi connectivity index (χ0) is 10.6. The van der Waals surface area contributed by atoms with Gasteiger partial charge in [0.2, 0.25) is 0 Å². The van der Waals surface area contributed by atoms with Crippen molar-refractivity contribution in [3.05, 3.63) is 0 Å². The number of likely N-dealkylation sites (tertiary alicyclic amines) is 1. The molecule has 0 amide bonds. The standard InChI is InChI=1S/C11H21NO2/c1-3-12-7-5-4-6-10(12)8-9(2)11(13)14/h9-10H,3-8H2,1-2H3,(H,13,14). The Balaban J connectivity index is 2.44. The van der Waals surface area contributed by atoms with Gasteiger partial charge in [-0.3, -0.25) is 4.79 Å². The highest BCUT2D eigenvalue weighted by atomic mass is 16.4. The molecule has 0 saturated carbocycles. The molecule has 0 radical (unpaired) electrons. The lowest BCUT2D eigenvalue weighted by Gasteiger charge is -2.35. The van der Waals surface area contributed by atoms with Gasteiger partial charge in [-0.05, 0) is 32.4 Å². The van der Waals surface area contributed by atoms with Gasteiger partial charge in [0.05, 0.1) is 5.92 Å². The number of hydrogen-bond donors (Lipinski definition) is 1. The van der Waals surface area contributed by atoms with Crippen molar-refractivity contribution < 1.29 is 9.90 Å². The molecule has 1 rings (SSSR count). The largest absolute Gasteiger partial charge is 0.481 e. The van der Waals surface area contributed by atoms with E-state index < -0.39 is 5.97 Å². The highest BCUT2D eigenvalue weighted by Gasteiger charge is 2.24. The van der Waals surface area contributed by atoms with Gasteiger partial charge < -0.3 is 10.0 Å². The molecule has 1 N–H and O–H groups in total. The van der Waals surface area contributed by atoms with E-state index in [4.69, 9.17) is 5.11 Å². The Morgan fingerprint density at radius 1 is 1.57 bits per heavy atom.